The predicted molar refractivity (Wildman–Crippen MR) is 107 cm³/mol. The Kier molecular flexibility index (Phi) is 5.49. The fourth-order valence-corrected chi connectivity index (χ4v) is 2.59. The summed E-state index contributed by atoms with van der Waals surface area (Å²) in [6.07, 6.45) is 6.47. The van der Waals surface area contributed by atoms with Crippen LogP contribution in [0, 0.1) is 5.82 Å². The maximum absolute atomic E-state index is 14.1. The van der Waals surface area contributed by atoms with Crippen molar-refractivity contribution in [1.29, 1.82) is 0 Å². The summed E-state index contributed by atoms with van der Waals surface area (Å²) in [4.78, 5) is 3.91. The molecule has 0 aliphatic rings. The second kappa shape index (κ2) is 7.99. The van der Waals surface area contributed by atoms with Crippen LogP contribution in [-0.2, 0) is 0 Å². The molecule has 3 rings (SSSR count). The van der Waals surface area contributed by atoms with Crippen LogP contribution in [0.2, 0.25) is 5.15 Å². The maximum Gasteiger partial charge on any atom is 0.148 e. The average molecular weight is 382 g/mol. The third-order valence-electron chi connectivity index (χ3n) is 3.86. The number of para-hydroxylation sites is 1. The molecule has 0 radical (unpaired) electrons. The molecule has 0 unspecified atom stereocenters. The largest absolute Gasteiger partial charge is 0.287 e. The van der Waals surface area contributed by atoms with Gasteiger partial charge in [-0.3, -0.25) is 5.01 Å². The number of nitrogens with zero attached hydrogens (tertiary/aromatic N) is 4. The molecule has 3 aromatic rings. The highest BCUT2D eigenvalue weighted by atomic mass is 35.5. The van der Waals surface area contributed by atoms with Gasteiger partial charge < -0.3 is 0 Å². The molecule has 0 saturated heterocycles. The van der Waals surface area contributed by atoms with Gasteiger partial charge >= 0.3 is 0 Å². The highest BCUT2D eigenvalue weighted by Crippen LogP contribution is 2.25. The second-order valence-corrected chi connectivity index (χ2v) is 6.03. The molecule has 2 aromatic heterocycles. The summed E-state index contributed by atoms with van der Waals surface area (Å²) in [5.41, 5.74) is 2.82. The van der Waals surface area contributed by atoms with E-state index in [9.17, 15) is 4.39 Å². The Morgan fingerprint density at radius 1 is 1.19 bits per heavy atom. The van der Waals surface area contributed by atoms with Crippen LogP contribution in [0.15, 0.2) is 85.9 Å². The predicted octanol–water partition coefficient (Wildman–Crippen LogP) is 4.52. The minimum Gasteiger partial charge on any atom is -0.287 e. The molecular formula is C20H17ClFN5. The van der Waals surface area contributed by atoms with Crippen molar-refractivity contribution in [2.24, 2.45) is 5.84 Å². The molecule has 1 aromatic carbocycles. The van der Waals surface area contributed by atoms with Gasteiger partial charge in [0, 0.05) is 18.5 Å². The van der Waals surface area contributed by atoms with Gasteiger partial charge in [-0.1, -0.05) is 36.9 Å². The Bertz CT molecular complexity index is 1020. The number of anilines is 1. The van der Waals surface area contributed by atoms with Crippen molar-refractivity contribution in [3.63, 3.8) is 0 Å². The number of aromatic nitrogens is 3. The van der Waals surface area contributed by atoms with E-state index in [4.69, 9.17) is 17.4 Å². The molecule has 0 aliphatic heterocycles. The first-order chi connectivity index (χ1) is 13.0. The third kappa shape index (κ3) is 4.13. The van der Waals surface area contributed by atoms with Crippen molar-refractivity contribution >= 4 is 22.9 Å². The number of nitrogens with two attached hydrogens (primary N) is 1. The molecular weight excluding hydrogens is 365 g/mol. The molecule has 0 amide bonds. The molecule has 5 nitrogen and oxygen atoms in total. The smallest absolute Gasteiger partial charge is 0.148 e. The van der Waals surface area contributed by atoms with Crippen LogP contribution >= 0.6 is 11.6 Å². The molecule has 0 spiro atoms. The molecule has 0 saturated carbocycles. The molecule has 136 valence electrons. The lowest BCUT2D eigenvalue weighted by Gasteiger charge is -2.14. The van der Waals surface area contributed by atoms with Crippen LogP contribution in [-0.4, -0.2) is 14.8 Å². The number of benzene rings is 1. The van der Waals surface area contributed by atoms with Crippen LogP contribution in [0.5, 0.6) is 0 Å². The lowest BCUT2D eigenvalue weighted by atomic mass is 10.1. The van der Waals surface area contributed by atoms with Crippen molar-refractivity contribution < 1.29 is 4.39 Å². The topological polar surface area (TPSA) is 60.0 Å². The SMILES string of the molecule is C=C(/C=C\N(N)c1ccnc(Cl)c1)C(=C)c1ccnn1-c1ccccc1F. The Hall–Kier alpha value is -3.22. The standard InChI is InChI=1S/C20H17ClFN5/c1-14(9-12-26(23)16-7-10-24-20(21)13-16)15(2)18-8-11-25-27(18)19-6-4-3-5-17(19)22/h3-13H,1-2,23H2/b12-9-. The minimum atomic E-state index is -0.376. The van der Waals surface area contributed by atoms with Crippen LogP contribution in [0.4, 0.5) is 10.1 Å². The van der Waals surface area contributed by atoms with Gasteiger partial charge in [-0.2, -0.15) is 5.10 Å². The Balaban J connectivity index is 1.80. The first kappa shape index (κ1) is 18.6. The lowest BCUT2D eigenvalue weighted by Crippen LogP contribution is -2.24. The van der Waals surface area contributed by atoms with Gasteiger partial charge in [0.2, 0.25) is 0 Å². The number of hydrogen-bond donors (Lipinski definition) is 1. The fourth-order valence-electron chi connectivity index (χ4n) is 2.42. The first-order valence-corrected chi connectivity index (χ1v) is 8.36. The van der Waals surface area contributed by atoms with Crippen molar-refractivity contribution in [3.05, 3.63) is 103 Å². The van der Waals surface area contributed by atoms with Crippen LogP contribution in [0.3, 0.4) is 0 Å². The average Bonchev–Trinajstić information content (AvgIpc) is 3.15. The molecule has 0 atom stereocenters. The van der Waals surface area contributed by atoms with Crippen LogP contribution in [0.1, 0.15) is 5.69 Å². The van der Waals surface area contributed by atoms with Gasteiger partial charge in [-0.15, -0.1) is 0 Å². The van der Waals surface area contributed by atoms with E-state index in [-0.39, 0.29) is 5.82 Å². The Labute approximate surface area is 161 Å². The molecule has 0 aliphatic carbocycles. The summed E-state index contributed by atoms with van der Waals surface area (Å²) in [6, 6.07) is 11.5. The monoisotopic (exact) mass is 381 g/mol. The number of halogens is 2. The number of allylic oxidation sites excluding steroid dienone is 3. The van der Waals surface area contributed by atoms with E-state index in [2.05, 4.69) is 23.2 Å². The molecule has 2 heterocycles. The Morgan fingerprint density at radius 3 is 2.70 bits per heavy atom. The minimum absolute atomic E-state index is 0.335. The number of hydrazine groups is 1. The quantitative estimate of drug-likeness (QED) is 0.295. The van der Waals surface area contributed by atoms with Gasteiger partial charge in [0.15, 0.2) is 0 Å². The van der Waals surface area contributed by atoms with Gasteiger partial charge in [-0.05, 0) is 41.5 Å². The second-order valence-electron chi connectivity index (χ2n) is 5.64. The third-order valence-corrected chi connectivity index (χ3v) is 4.07. The summed E-state index contributed by atoms with van der Waals surface area (Å²) in [7, 11) is 0. The maximum atomic E-state index is 14.1. The summed E-state index contributed by atoms with van der Waals surface area (Å²) >= 11 is 5.87. The van der Waals surface area contributed by atoms with Gasteiger partial charge in [0.25, 0.3) is 0 Å². The molecule has 27 heavy (non-hydrogen) atoms. The van der Waals surface area contributed by atoms with Crippen molar-refractivity contribution in [2.75, 3.05) is 5.01 Å². The number of pyridine rings is 1. The van der Waals surface area contributed by atoms with E-state index in [1.54, 1.807) is 61.1 Å². The zero-order valence-corrected chi connectivity index (χ0v) is 15.1. The van der Waals surface area contributed by atoms with Crippen molar-refractivity contribution in [3.8, 4) is 5.69 Å². The number of hydrogen-bond acceptors (Lipinski definition) is 4. The van der Waals surface area contributed by atoms with Gasteiger partial charge in [-0.25, -0.2) is 19.9 Å². The normalized spacial score (nSPS) is 10.9. The van der Waals surface area contributed by atoms with E-state index in [1.807, 2.05) is 0 Å². The summed E-state index contributed by atoms with van der Waals surface area (Å²) in [5.74, 6) is 5.62. The zero-order valence-electron chi connectivity index (χ0n) is 14.4. The summed E-state index contributed by atoms with van der Waals surface area (Å²) < 4.78 is 15.6. The van der Waals surface area contributed by atoms with Crippen molar-refractivity contribution in [2.45, 2.75) is 0 Å². The molecule has 0 fully saturated rings. The van der Waals surface area contributed by atoms with E-state index in [0.29, 0.717) is 33.4 Å². The Morgan fingerprint density at radius 2 is 1.96 bits per heavy atom. The molecule has 7 heteroatoms. The highest BCUT2D eigenvalue weighted by molar-refractivity contribution is 6.29. The first-order valence-electron chi connectivity index (χ1n) is 7.98. The van der Waals surface area contributed by atoms with Crippen LogP contribution in [0.25, 0.3) is 11.3 Å². The van der Waals surface area contributed by atoms with Crippen molar-refractivity contribution in [1.82, 2.24) is 14.8 Å². The van der Waals surface area contributed by atoms with Gasteiger partial charge in [0.05, 0.1) is 17.6 Å². The van der Waals surface area contributed by atoms with E-state index >= 15 is 0 Å². The van der Waals surface area contributed by atoms with E-state index < -0.39 is 0 Å². The fraction of sp³-hybridized carbons (Fsp3) is 0. The van der Waals surface area contributed by atoms with Crippen LogP contribution < -0.4 is 10.9 Å². The molecule has 2 N–H and O–H groups in total. The number of rotatable bonds is 6. The zero-order chi connectivity index (χ0) is 19.4. The van der Waals surface area contributed by atoms with E-state index in [0.717, 1.165) is 0 Å². The highest BCUT2D eigenvalue weighted by Gasteiger charge is 2.12. The summed E-state index contributed by atoms with van der Waals surface area (Å²) in [6.45, 7) is 8.06. The van der Waals surface area contributed by atoms with E-state index in [1.165, 1.54) is 15.8 Å². The van der Waals surface area contributed by atoms with Gasteiger partial charge in [0.1, 0.15) is 16.7 Å². The molecule has 0 bridgehead atoms. The lowest BCUT2D eigenvalue weighted by molar-refractivity contribution is 0.610. The summed E-state index contributed by atoms with van der Waals surface area (Å²) in [5, 5.41) is 5.93.